The van der Waals surface area contributed by atoms with Crippen LogP contribution in [0.3, 0.4) is 0 Å². The highest BCUT2D eigenvalue weighted by Crippen LogP contribution is 2.26. The fourth-order valence-electron chi connectivity index (χ4n) is 2.15. The lowest BCUT2D eigenvalue weighted by molar-refractivity contribution is 0.628. The molecule has 1 nitrogen and oxygen atoms in total. The Labute approximate surface area is 107 Å². The van der Waals surface area contributed by atoms with E-state index in [2.05, 4.69) is 19.9 Å². The number of benzene rings is 2. The molecule has 0 radical (unpaired) electrons. The van der Waals surface area contributed by atoms with Gasteiger partial charge in [-0.05, 0) is 53.8 Å². The van der Waals surface area contributed by atoms with Crippen LogP contribution in [0.25, 0.3) is 11.1 Å². The SMILES string of the molecule is CCc1cc(-c2ccc(F)cc2)c(C=N)cc1C. The highest BCUT2D eigenvalue weighted by molar-refractivity contribution is 5.89. The minimum atomic E-state index is -0.238. The zero-order chi connectivity index (χ0) is 13.1. The molecular formula is C16H16FN. The fourth-order valence-corrected chi connectivity index (χ4v) is 2.15. The molecule has 2 aromatic rings. The molecule has 0 aliphatic carbocycles. The summed E-state index contributed by atoms with van der Waals surface area (Å²) in [5, 5.41) is 7.50. The summed E-state index contributed by atoms with van der Waals surface area (Å²) < 4.78 is 12.9. The molecule has 0 aromatic heterocycles. The summed E-state index contributed by atoms with van der Waals surface area (Å²) in [6, 6.07) is 10.5. The van der Waals surface area contributed by atoms with Gasteiger partial charge in [-0.2, -0.15) is 0 Å². The molecule has 0 spiro atoms. The average molecular weight is 241 g/mol. The second kappa shape index (κ2) is 5.13. The van der Waals surface area contributed by atoms with E-state index < -0.39 is 0 Å². The third-order valence-corrected chi connectivity index (χ3v) is 3.20. The molecule has 0 unspecified atom stereocenters. The molecule has 18 heavy (non-hydrogen) atoms. The van der Waals surface area contributed by atoms with E-state index in [4.69, 9.17) is 5.41 Å². The fraction of sp³-hybridized carbons (Fsp3) is 0.188. The van der Waals surface area contributed by atoms with Gasteiger partial charge in [0.1, 0.15) is 5.82 Å². The molecule has 0 saturated carbocycles. The molecule has 0 heterocycles. The first-order chi connectivity index (χ1) is 8.65. The lowest BCUT2D eigenvalue weighted by Gasteiger charge is -2.11. The summed E-state index contributed by atoms with van der Waals surface area (Å²) >= 11 is 0. The Morgan fingerprint density at radius 1 is 1.17 bits per heavy atom. The van der Waals surface area contributed by atoms with E-state index in [0.29, 0.717) is 0 Å². The topological polar surface area (TPSA) is 23.9 Å². The predicted molar refractivity (Wildman–Crippen MR) is 73.8 cm³/mol. The van der Waals surface area contributed by atoms with Crippen molar-refractivity contribution in [2.24, 2.45) is 0 Å². The molecule has 1 N–H and O–H groups in total. The maximum Gasteiger partial charge on any atom is 0.123 e. The largest absolute Gasteiger partial charge is 0.308 e. The highest BCUT2D eigenvalue weighted by atomic mass is 19.1. The summed E-state index contributed by atoms with van der Waals surface area (Å²) in [5.41, 5.74) is 5.27. The highest BCUT2D eigenvalue weighted by Gasteiger charge is 2.07. The van der Waals surface area contributed by atoms with Gasteiger partial charge in [0.25, 0.3) is 0 Å². The van der Waals surface area contributed by atoms with Crippen LogP contribution < -0.4 is 0 Å². The normalized spacial score (nSPS) is 10.4. The van der Waals surface area contributed by atoms with E-state index in [1.807, 2.05) is 6.07 Å². The number of aryl methyl sites for hydroxylation is 2. The van der Waals surface area contributed by atoms with Gasteiger partial charge in [-0.3, -0.25) is 0 Å². The van der Waals surface area contributed by atoms with Crippen molar-refractivity contribution in [3.05, 3.63) is 58.9 Å². The zero-order valence-corrected chi connectivity index (χ0v) is 10.6. The molecule has 0 atom stereocenters. The standard InChI is InChI=1S/C16H16FN/c1-3-12-9-16(14(10-18)8-11(12)2)13-4-6-15(17)7-5-13/h4-10,18H,3H2,1-2H3. The Kier molecular flexibility index (Phi) is 3.56. The monoisotopic (exact) mass is 241 g/mol. The molecule has 0 fully saturated rings. The first kappa shape index (κ1) is 12.5. The molecule has 0 amide bonds. The molecule has 2 rings (SSSR count). The van der Waals surface area contributed by atoms with E-state index in [1.165, 1.54) is 29.5 Å². The molecule has 0 aliphatic rings. The van der Waals surface area contributed by atoms with Gasteiger partial charge in [-0.15, -0.1) is 0 Å². The zero-order valence-electron chi connectivity index (χ0n) is 10.6. The number of hydrogen-bond donors (Lipinski definition) is 1. The van der Waals surface area contributed by atoms with E-state index >= 15 is 0 Å². The van der Waals surface area contributed by atoms with E-state index in [-0.39, 0.29) is 5.82 Å². The van der Waals surface area contributed by atoms with Gasteiger partial charge in [0.2, 0.25) is 0 Å². The Morgan fingerprint density at radius 3 is 2.39 bits per heavy atom. The Bertz CT molecular complexity index is 570. The van der Waals surface area contributed by atoms with Crippen LogP contribution in [0.4, 0.5) is 4.39 Å². The van der Waals surface area contributed by atoms with Crippen LogP contribution in [0.15, 0.2) is 36.4 Å². The van der Waals surface area contributed by atoms with E-state index in [9.17, 15) is 4.39 Å². The van der Waals surface area contributed by atoms with Crippen molar-refractivity contribution in [2.75, 3.05) is 0 Å². The van der Waals surface area contributed by atoms with E-state index in [0.717, 1.165) is 23.1 Å². The van der Waals surface area contributed by atoms with Gasteiger partial charge in [0.15, 0.2) is 0 Å². The van der Waals surface area contributed by atoms with Crippen molar-refractivity contribution in [1.29, 1.82) is 5.41 Å². The number of hydrogen-bond acceptors (Lipinski definition) is 1. The van der Waals surface area contributed by atoms with Crippen molar-refractivity contribution < 1.29 is 4.39 Å². The van der Waals surface area contributed by atoms with Gasteiger partial charge >= 0.3 is 0 Å². The molecule has 0 bridgehead atoms. The van der Waals surface area contributed by atoms with Crippen LogP contribution >= 0.6 is 0 Å². The van der Waals surface area contributed by atoms with Crippen LogP contribution in [0.2, 0.25) is 0 Å². The third-order valence-electron chi connectivity index (χ3n) is 3.20. The van der Waals surface area contributed by atoms with Crippen LogP contribution in [-0.2, 0) is 6.42 Å². The second-order valence-electron chi connectivity index (χ2n) is 4.37. The van der Waals surface area contributed by atoms with Crippen molar-refractivity contribution in [3.63, 3.8) is 0 Å². The quantitative estimate of drug-likeness (QED) is 0.772. The number of halogens is 1. The summed E-state index contributed by atoms with van der Waals surface area (Å²) in [4.78, 5) is 0. The van der Waals surface area contributed by atoms with Crippen LogP contribution in [-0.4, -0.2) is 6.21 Å². The summed E-state index contributed by atoms with van der Waals surface area (Å²) in [6.45, 7) is 4.17. The number of rotatable bonds is 3. The Balaban J connectivity index is 2.61. The molecule has 0 saturated heterocycles. The molecule has 92 valence electrons. The summed E-state index contributed by atoms with van der Waals surface area (Å²) in [5.74, 6) is -0.238. The Morgan fingerprint density at radius 2 is 1.83 bits per heavy atom. The molecule has 2 aromatic carbocycles. The van der Waals surface area contributed by atoms with Crippen LogP contribution in [0.5, 0.6) is 0 Å². The van der Waals surface area contributed by atoms with Gasteiger partial charge in [-0.1, -0.05) is 25.1 Å². The lowest BCUT2D eigenvalue weighted by atomic mass is 9.94. The van der Waals surface area contributed by atoms with E-state index in [1.54, 1.807) is 12.1 Å². The second-order valence-corrected chi connectivity index (χ2v) is 4.37. The van der Waals surface area contributed by atoms with Crippen LogP contribution in [0.1, 0.15) is 23.6 Å². The van der Waals surface area contributed by atoms with Gasteiger partial charge in [0.05, 0.1) is 0 Å². The molecular weight excluding hydrogens is 225 g/mol. The van der Waals surface area contributed by atoms with Crippen molar-refractivity contribution in [2.45, 2.75) is 20.3 Å². The summed E-state index contributed by atoms with van der Waals surface area (Å²) in [7, 11) is 0. The maximum atomic E-state index is 12.9. The smallest absolute Gasteiger partial charge is 0.123 e. The number of nitrogens with one attached hydrogen (secondary N) is 1. The van der Waals surface area contributed by atoms with Crippen molar-refractivity contribution >= 4 is 6.21 Å². The van der Waals surface area contributed by atoms with Crippen LogP contribution in [0, 0.1) is 18.2 Å². The van der Waals surface area contributed by atoms with Gasteiger partial charge < -0.3 is 5.41 Å². The van der Waals surface area contributed by atoms with Gasteiger partial charge in [-0.25, -0.2) is 4.39 Å². The van der Waals surface area contributed by atoms with Crippen molar-refractivity contribution in [3.8, 4) is 11.1 Å². The van der Waals surface area contributed by atoms with Crippen molar-refractivity contribution in [1.82, 2.24) is 0 Å². The minimum absolute atomic E-state index is 0.238. The first-order valence-electron chi connectivity index (χ1n) is 6.05. The Hall–Kier alpha value is -1.96. The average Bonchev–Trinajstić information content (AvgIpc) is 2.39. The minimum Gasteiger partial charge on any atom is -0.308 e. The molecule has 0 aliphatic heterocycles. The maximum absolute atomic E-state index is 12.9. The predicted octanol–water partition coefficient (Wildman–Crippen LogP) is 4.36. The third kappa shape index (κ3) is 2.33. The summed E-state index contributed by atoms with van der Waals surface area (Å²) in [6.07, 6.45) is 2.31. The van der Waals surface area contributed by atoms with Gasteiger partial charge in [0, 0.05) is 11.8 Å². The molecule has 2 heteroatoms. The lowest BCUT2D eigenvalue weighted by Crippen LogP contribution is -1.94. The first-order valence-corrected chi connectivity index (χ1v) is 6.05.